The maximum Gasteiger partial charge on any atom is 0.305 e. The molecule has 1 aliphatic rings. The molecule has 1 saturated heterocycles. The Hall–Kier alpha value is -1.40. The molecule has 1 fully saturated rings. The van der Waals surface area contributed by atoms with Crippen molar-refractivity contribution in [2.24, 2.45) is 5.92 Å². The molecule has 0 aromatic heterocycles. The van der Waals surface area contributed by atoms with E-state index in [1.54, 1.807) is 0 Å². The zero-order valence-corrected chi connectivity index (χ0v) is 27.6. The molecule has 0 aromatic carbocycles. The third kappa shape index (κ3) is 24.1. The number of ether oxygens (including phenoxy) is 3. The number of esters is 2. The van der Waals surface area contributed by atoms with Crippen molar-refractivity contribution in [2.75, 3.05) is 13.2 Å². The Balaban J connectivity index is 1.83. The summed E-state index contributed by atoms with van der Waals surface area (Å²) in [5, 5.41) is 9.98. The smallest absolute Gasteiger partial charge is 0.305 e. The average molecular weight is 595 g/mol. The van der Waals surface area contributed by atoms with Crippen molar-refractivity contribution in [3.63, 3.8) is 0 Å². The lowest BCUT2D eigenvalue weighted by molar-refractivity contribution is -0.152. The van der Waals surface area contributed by atoms with Crippen LogP contribution in [0.5, 0.6) is 0 Å². The van der Waals surface area contributed by atoms with E-state index >= 15 is 0 Å². The first-order valence-electron chi connectivity index (χ1n) is 17.8. The van der Waals surface area contributed by atoms with Crippen LogP contribution in [0, 0.1) is 5.92 Å². The van der Waals surface area contributed by atoms with Crippen molar-refractivity contribution in [2.45, 2.75) is 187 Å². The molecule has 0 aliphatic carbocycles. The normalized spacial score (nSPS) is 17.8. The van der Waals surface area contributed by atoms with Crippen molar-refractivity contribution in [3.8, 4) is 0 Å². The lowest BCUT2D eigenvalue weighted by Crippen LogP contribution is -2.25. The van der Waals surface area contributed by atoms with Gasteiger partial charge in [-0.25, -0.2) is 0 Å². The molecule has 0 radical (unpaired) electrons. The van der Waals surface area contributed by atoms with E-state index in [2.05, 4.69) is 32.9 Å². The molecule has 0 amide bonds. The highest BCUT2D eigenvalue weighted by Gasteiger charge is 2.36. The summed E-state index contributed by atoms with van der Waals surface area (Å²) < 4.78 is 16.0. The zero-order chi connectivity index (χ0) is 30.7. The fourth-order valence-corrected chi connectivity index (χ4v) is 5.24. The summed E-state index contributed by atoms with van der Waals surface area (Å²) in [4.78, 5) is 23.8. The minimum Gasteiger partial charge on any atom is -0.463 e. The van der Waals surface area contributed by atoms with Crippen LogP contribution in [0.3, 0.4) is 0 Å². The first kappa shape index (κ1) is 38.6. The molecule has 0 bridgehead atoms. The van der Waals surface area contributed by atoms with Crippen molar-refractivity contribution < 1.29 is 28.9 Å². The Kier molecular flexibility index (Phi) is 25.0. The summed E-state index contributed by atoms with van der Waals surface area (Å²) >= 11 is 0. The third-order valence-electron chi connectivity index (χ3n) is 8.46. The molecule has 6 heteroatoms. The van der Waals surface area contributed by atoms with Gasteiger partial charge in [-0.2, -0.15) is 0 Å². The maximum absolute atomic E-state index is 11.9. The molecule has 0 saturated carbocycles. The molecule has 4 atom stereocenters. The number of hydrogen-bond donors (Lipinski definition) is 1. The van der Waals surface area contributed by atoms with Gasteiger partial charge in [-0.1, -0.05) is 129 Å². The molecule has 0 aromatic rings. The van der Waals surface area contributed by atoms with Crippen LogP contribution in [0.15, 0.2) is 12.2 Å². The topological polar surface area (TPSA) is 85.4 Å². The van der Waals surface area contributed by atoms with E-state index in [0.717, 1.165) is 57.3 Å². The number of aliphatic hydroxyl groups is 1. The first-order chi connectivity index (χ1) is 20.5. The van der Waals surface area contributed by atoms with Crippen molar-refractivity contribution >= 4 is 11.9 Å². The third-order valence-corrected chi connectivity index (χ3v) is 8.46. The second-order valence-electron chi connectivity index (χ2n) is 12.6. The van der Waals surface area contributed by atoms with E-state index in [9.17, 15) is 14.7 Å². The zero-order valence-electron chi connectivity index (χ0n) is 27.6. The van der Waals surface area contributed by atoms with Crippen LogP contribution in [0.1, 0.15) is 168 Å². The van der Waals surface area contributed by atoms with Crippen LogP contribution in [0.4, 0.5) is 0 Å². The first-order valence-corrected chi connectivity index (χ1v) is 17.8. The number of allylic oxidation sites excluding steroid dienone is 1. The summed E-state index contributed by atoms with van der Waals surface area (Å²) in [6.45, 7) is 6.59. The molecule has 0 spiro atoms. The lowest BCUT2D eigenvalue weighted by atomic mass is 9.99. The van der Waals surface area contributed by atoms with Gasteiger partial charge in [0.2, 0.25) is 0 Å². The van der Waals surface area contributed by atoms with Crippen LogP contribution in [-0.4, -0.2) is 48.6 Å². The van der Waals surface area contributed by atoms with Gasteiger partial charge in [0, 0.05) is 12.8 Å². The standard InChI is InChI=1S/C36H66O6/c1-4-6-19-25-33-34(42-33)26-21-16-12-8-10-14-18-23-28-36(39)41-30-32(37)29-40-35(38)27-22-17-13-9-7-11-15-20-24-31(3)5-2/h16,21,31-34,37H,4-15,17-20,22-30H2,1-3H3/b21-16-/t31?,32-,33?,34?/m0/s1. The van der Waals surface area contributed by atoms with E-state index in [0.29, 0.717) is 25.0 Å². The van der Waals surface area contributed by atoms with Crippen LogP contribution in [-0.2, 0) is 23.8 Å². The molecule has 6 nitrogen and oxygen atoms in total. The number of hydrogen-bond acceptors (Lipinski definition) is 6. The molecule has 1 N–H and O–H groups in total. The van der Waals surface area contributed by atoms with Crippen LogP contribution >= 0.6 is 0 Å². The SMILES string of the molecule is CCCCCC1OC1C/C=C\CCCCCCCC(=O)OC[C@@H](O)COC(=O)CCCCCCCCCCC(C)CC. The van der Waals surface area contributed by atoms with Gasteiger partial charge >= 0.3 is 11.9 Å². The fourth-order valence-electron chi connectivity index (χ4n) is 5.24. The largest absolute Gasteiger partial charge is 0.463 e. The second kappa shape index (κ2) is 27.2. The highest BCUT2D eigenvalue weighted by atomic mass is 16.6. The number of aliphatic hydroxyl groups excluding tert-OH is 1. The van der Waals surface area contributed by atoms with Gasteiger partial charge in [0.05, 0.1) is 12.2 Å². The molecule has 3 unspecified atom stereocenters. The number of epoxide rings is 1. The van der Waals surface area contributed by atoms with Gasteiger partial charge in [0.15, 0.2) is 0 Å². The van der Waals surface area contributed by atoms with Gasteiger partial charge in [-0.15, -0.1) is 0 Å². The fraction of sp³-hybridized carbons (Fsp3) is 0.889. The number of rotatable bonds is 30. The quantitative estimate of drug-likeness (QED) is 0.0386. The number of carbonyl (C=O) groups is 2. The van der Waals surface area contributed by atoms with Crippen LogP contribution in [0.2, 0.25) is 0 Å². The molecule has 1 aliphatic heterocycles. The van der Waals surface area contributed by atoms with E-state index in [-0.39, 0.29) is 25.2 Å². The molecule has 246 valence electrons. The van der Waals surface area contributed by atoms with Crippen molar-refractivity contribution in [1.82, 2.24) is 0 Å². The van der Waals surface area contributed by atoms with E-state index in [1.165, 1.54) is 83.5 Å². The summed E-state index contributed by atoms with van der Waals surface area (Å²) in [5.41, 5.74) is 0. The highest BCUT2D eigenvalue weighted by molar-refractivity contribution is 5.69. The Morgan fingerprint density at radius 3 is 1.83 bits per heavy atom. The summed E-state index contributed by atoms with van der Waals surface area (Å²) in [7, 11) is 0. The van der Waals surface area contributed by atoms with Gasteiger partial charge < -0.3 is 19.3 Å². The van der Waals surface area contributed by atoms with E-state index in [1.807, 2.05) is 0 Å². The van der Waals surface area contributed by atoms with Crippen LogP contribution < -0.4 is 0 Å². The number of carbonyl (C=O) groups excluding carboxylic acids is 2. The van der Waals surface area contributed by atoms with Gasteiger partial charge in [0.25, 0.3) is 0 Å². The summed E-state index contributed by atoms with van der Waals surface area (Å²) in [6, 6.07) is 0. The van der Waals surface area contributed by atoms with Crippen LogP contribution in [0.25, 0.3) is 0 Å². The van der Waals surface area contributed by atoms with E-state index in [4.69, 9.17) is 14.2 Å². The summed E-state index contributed by atoms with van der Waals surface area (Å²) in [6.07, 6.45) is 30.0. The molecule has 1 rings (SSSR count). The Morgan fingerprint density at radius 2 is 1.26 bits per heavy atom. The van der Waals surface area contributed by atoms with Crippen molar-refractivity contribution in [3.05, 3.63) is 12.2 Å². The highest BCUT2D eigenvalue weighted by Crippen LogP contribution is 2.30. The monoisotopic (exact) mass is 594 g/mol. The van der Waals surface area contributed by atoms with Crippen molar-refractivity contribution in [1.29, 1.82) is 0 Å². The Morgan fingerprint density at radius 1 is 0.714 bits per heavy atom. The molecular weight excluding hydrogens is 528 g/mol. The average Bonchev–Trinajstić information content (AvgIpc) is 3.74. The summed E-state index contributed by atoms with van der Waals surface area (Å²) in [5.74, 6) is 0.272. The minimum absolute atomic E-state index is 0.121. The van der Waals surface area contributed by atoms with Gasteiger partial charge in [-0.3, -0.25) is 9.59 Å². The second-order valence-corrected chi connectivity index (χ2v) is 12.6. The molecular formula is C36H66O6. The maximum atomic E-state index is 11.9. The molecule has 1 heterocycles. The Labute approximate surface area is 258 Å². The predicted molar refractivity (Wildman–Crippen MR) is 172 cm³/mol. The van der Waals surface area contributed by atoms with Gasteiger partial charge in [-0.05, 0) is 44.4 Å². The van der Waals surface area contributed by atoms with Gasteiger partial charge in [0.1, 0.15) is 19.3 Å². The number of unbranched alkanes of at least 4 members (excludes halogenated alkanes) is 14. The minimum atomic E-state index is -0.968. The Bertz CT molecular complexity index is 678. The molecule has 42 heavy (non-hydrogen) atoms. The lowest BCUT2D eigenvalue weighted by Gasteiger charge is -2.12. The predicted octanol–water partition coefficient (Wildman–Crippen LogP) is 9.41. The van der Waals surface area contributed by atoms with E-state index < -0.39 is 6.10 Å².